The van der Waals surface area contributed by atoms with E-state index in [2.05, 4.69) is 10.6 Å². The van der Waals surface area contributed by atoms with Crippen molar-refractivity contribution < 1.29 is 33.4 Å². The smallest absolute Gasteiger partial charge is 0.407 e. The first-order valence-corrected chi connectivity index (χ1v) is 13.9. The largest absolute Gasteiger partial charge is 0.460 e. The molecular weight excluding hydrogens is 536 g/mol. The number of carbonyl (C=O) groups is 4. The van der Waals surface area contributed by atoms with Gasteiger partial charge < -0.3 is 24.8 Å². The molecule has 0 fully saturated rings. The summed E-state index contributed by atoms with van der Waals surface area (Å²) in [4.78, 5) is 50.2. The number of hydrogen-bond acceptors (Lipinski definition) is 7. The fourth-order valence-electron chi connectivity index (χ4n) is 4.73. The molecule has 2 amide bonds. The van der Waals surface area contributed by atoms with Gasteiger partial charge in [-0.25, -0.2) is 9.59 Å². The first kappa shape index (κ1) is 30.3. The monoisotopic (exact) mass is 572 g/mol. The van der Waals surface area contributed by atoms with E-state index in [1.54, 1.807) is 20.8 Å². The molecule has 9 heteroatoms. The number of carbonyl (C=O) groups excluding carboxylic acids is 4. The summed E-state index contributed by atoms with van der Waals surface area (Å²) in [6.45, 7) is 4.99. The summed E-state index contributed by atoms with van der Waals surface area (Å²) in [7, 11) is 0. The van der Waals surface area contributed by atoms with E-state index in [1.165, 1.54) is 0 Å². The molecule has 3 aromatic carbocycles. The van der Waals surface area contributed by atoms with Crippen LogP contribution in [-0.2, 0) is 35.2 Å². The molecule has 0 heterocycles. The van der Waals surface area contributed by atoms with E-state index in [0.717, 1.165) is 27.8 Å². The van der Waals surface area contributed by atoms with Gasteiger partial charge in [-0.2, -0.15) is 0 Å². The van der Waals surface area contributed by atoms with Crippen molar-refractivity contribution in [3.8, 4) is 11.1 Å². The Morgan fingerprint density at radius 1 is 0.810 bits per heavy atom. The summed E-state index contributed by atoms with van der Waals surface area (Å²) in [6, 6.07) is 24.0. The number of amides is 2. The maximum atomic E-state index is 12.9. The second kappa shape index (κ2) is 13.8. The molecule has 9 nitrogen and oxygen atoms in total. The van der Waals surface area contributed by atoms with Crippen LogP contribution in [0.25, 0.3) is 11.1 Å². The van der Waals surface area contributed by atoms with Gasteiger partial charge in [0.2, 0.25) is 5.91 Å². The summed E-state index contributed by atoms with van der Waals surface area (Å²) >= 11 is 0. The maximum absolute atomic E-state index is 12.9. The Morgan fingerprint density at radius 3 is 2.02 bits per heavy atom. The van der Waals surface area contributed by atoms with Crippen LogP contribution < -0.4 is 10.6 Å². The second-order valence-corrected chi connectivity index (χ2v) is 11.0. The first-order chi connectivity index (χ1) is 20.1. The van der Waals surface area contributed by atoms with Gasteiger partial charge >= 0.3 is 18.0 Å². The van der Waals surface area contributed by atoms with E-state index < -0.39 is 35.6 Å². The van der Waals surface area contributed by atoms with Gasteiger partial charge in [-0.3, -0.25) is 9.59 Å². The van der Waals surface area contributed by atoms with Crippen LogP contribution in [0.3, 0.4) is 0 Å². The van der Waals surface area contributed by atoms with Gasteiger partial charge in [-0.1, -0.05) is 78.9 Å². The average Bonchev–Trinajstić information content (AvgIpc) is 3.29. The molecular formula is C33H36N2O7. The lowest BCUT2D eigenvalue weighted by atomic mass is 9.98. The third-order valence-corrected chi connectivity index (χ3v) is 6.66. The number of fused-ring (bicyclic) bond motifs is 3. The molecule has 4 rings (SSSR count). The van der Waals surface area contributed by atoms with Crippen LogP contribution in [-0.4, -0.2) is 48.7 Å². The third kappa shape index (κ3) is 8.42. The zero-order valence-electron chi connectivity index (χ0n) is 24.1. The molecule has 0 radical (unpaired) electrons. The fraction of sp³-hybridized carbons (Fsp3) is 0.333. The number of rotatable bonds is 11. The molecule has 0 aromatic heterocycles. The quantitative estimate of drug-likeness (QED) is 0.248. The zero-order valence-corrected chi connectivity index (χ0v) is 24.1. The highest BCUT2D eigenvalue weighted by Crippen LogP contribution is 2.44. The van der Waals surface area contributed by atoms with Gasteiger partial charge in [-0.05, 0) is 55.0 Å². The highest BCUT2D eigenvalue weighted by atomic mass is 16.6. The van der Waals surface area contributed by atoms with Crippen molar-refractivity contribution in [3.63, 3.8) is 0 Å². The molecule has 3 aromatic rings. The van der Waals surface area contributed by atoms with Crippen molar-refractivity contribution in [2.24, 2.45) is 0 Å². The second-order valence-electron chi connectivity index (χ2n) is 11.0. The Kier molecular flexibility index (Phi) is 9.96. The topological polar surface area (TPSA) is 120 Å². The molecule has 1 atom stereocenters. The average molecular weight is 573 g/mol. The predicted octanol–water partition coefficient (Wildman–Crippen LogP) is 4.88. The van der Waals surface area contributed by atoms with Gasteiger partial charge in [0, 0.05) is 12.3 Å². The number of hydrogen-bond donors (Lipinski definition) is 2. The normalized spacial score (nSPS) is 12.8. The Bertz CT molecular complexity index is 1370. The molecule has 1 aliphatic rings. The van der Waals surface area contributed by atoms with E-state index in [9.17, 15) is 19.2 Å². The minimum Gasteiger partial charge on any atom is -0.460 e. The van der Waals surface area contributed by atoms with Crippen molar-refractivity contribution in [1.29, 1.82) is 0 Å². The maximum Gasteiger partial charge on any atom is 0.407 e. The van der Waals surface area contributed by atoms with E-state index in [4.69, 9.17) is 14.2 Å². The van der Waals surface area contributed by atoms with Crippen molar-refractivity contribution in [2.75, 3.05) is 13.2 Å². The fourth-order valence-corrected chi connectivity index (χ4v) is 4.73. The third-order valence-electron chi connectivity index (χ3n) is 6.66. The highest BCUT2D eigenvalue weighted by Gasteiger charge is 2.31. The van der Waals surface area contributed by atoms with Crippen molar-refractivity contribution in [1.82, 2.24) is 10.6 Å². The van der Waals surface area contributed by atoms with Gasteiger partial charge in [-0.15, -0.1) is 0 Å². The molecule has 0 saturated heterocycles. The van der Waals surface area contributed by atoms with Crippen LogP contribution >= 0.6 is 0 Å². The molecule has 42 heavy (non-hydrogen) atoms. The van der Waals surface area contributed by atoms with Crippen LogP contribution in [0.15, 0.2) is 78.9 Å². The van der Waals surface area contributed by atoms with Crippen molar-refractivity contribution in [3.05, 3.63) is 95.6 Å². The van der Waals surface area contributed by atoms with Crippen molar-refractivity contribution in [2.45, 2.75) is 57.8 Å². The van der Waals surface area contributed by atoms with E-state index >= 15 is 0 Å². The van der Waals surface area contributed by atoms with Crippen molar-refractivity contribution >= 4 is 23.9 Å². The molecule has 0 bridgehead atoms. The lowest BCUT2D eigenvalue weighted by molar-refractivity contribution is -0.157. The summed E-state index contributed by atoms with van der Waals surface area (Å²) in [5.41, 5.74) is 4.36. The lowest BCUT2D eigenvalue weighted by Gasteiger charge is -2.24. The molecule has 2 N–H and O–H groups in total. The Labute approximate surface area is 245 Å². The van der Waals surface area contributed by atoms with Gasteiger partial charge in [0.1, 0.15) is 31.4 Å². The molecule has 1 aliphatic carbocycles. The number of alkyl carbamates (subject to hydrolysis) is 1. The number of esters is 2. The standard InChI is InChI=1S/C33H36N2O7/c1-33(2,3)42-31(38)28(17-18-29(36)34-19-30(37)40-20-22-11-5-4-6-12-22)35-32(39)41-21-27-25-15-9-7-13-23(25)24-14-8-10-16-26(24)27/h4-16,27-28H,17-21H2,1-3H3,(H,34,36)(H,35,39). The Morgan fingerprint density at radius 2 is 1.40 bits per heavy atom. The van der Waals surface area contributed by atoms with Crippen LogP contribution in [0.1, 0.15) is 56.2 Å². The SMILES string of the molecule is CC(C)(C)OC(=O)C(CCC(=O)NCC(=O)OCc1ccccc1)NC(=O)OCC1c2ccccc2-c2ccccc21. The predicted molar refractivity (Wildman–Crippen MR) is 156 cm³/mol. The number of ether oxygens (including phenoxy) is 3. The molecule has 0 saturated carbocycles. The van der Waals surface area contributed by atoms with Crippen LogP contribution in [0.5, 0.6) is 0 Å². The number of nitrogens with one attached hydrogen (secondary N) is 2. The van der Waals surface area contributed by atoms with Gasteiger partial charge in [0.25, 0.3) is 0 Å². The Balaban J connectivity index is 1.30. The minimum atomic E-state index is -1.13. The number of benzene rings is 3. The molecule has 0 aliphatic heterocycles. The molecule has 1 unspecified atom stereocenters. The molecule has 220 valence electrons. The van der Waals surface area contributed by atoms with Crippen LogP contribution in [0.2, 0.25) is 0 Å². The van der Waals surface area contributed by atoms with E-state index in [1.807, 2.05) is 78.9 Å². The van der Waals surface area contributed by atoms with Crippen LogP contribution in [0.4, 0.5) is 4.79 Å². The van der Waals surface area contributed by atoms with Gasteiger partial charge in [0.15, 0.2) is 0 Å². The minimum absolute atomic E-state index is 0.0516. The summed E-state index contributed by atoms with van der Waals surface area (Å²) in [5, 5.41) is 5.05. The van der Waals surface area contributed by atoms with E-state index in [0.29, 0.717) is 0 Å². The first-order valence-electron chi connectivity index (χ1n) is 13.9. The van der Waals surface area contributed by atoms with Crippen LogP contribution in [0, 0.1) is 0 Å². The summed E-state index contributed by atoms with van der Waals surface area (Å²) in [6.07, 6.45) is -0.985. The Hall–Kier alpha value is -4.66. The lowest BCUT2D eigenvalue weighted by Crippen LogP contribution is -2.45. The summed E-state index contributed by atoms with van der Waals surface area (Å²) in [5.74, 6) is -1.90. The summed E-state index contributed by atoms with van der Waals surface area (Å²) < 4.78 is 16.2. The van der Waals surface area contributed by atoms with E-state index in [-0.39, 0.29) is 38.5 Å². The zero-order chi connectivity index (χ0) is 30.1. The van der Waals surface area contributed by atoms with Gasteiger partial charge in [0.05, 0.1) is 0 Å². The highest BCUT2D eigenvalue weighted by molar-refractivity contribution is 5.85. The molecule has 0 spiro atoms.